The molecule has 0 unspecified atom stereocenters. The van der Waals surface area contributed by atoms with Gasteiger partial charge in [0.1, 0.15) is 17.6 Å². The lowest BCUT2D eigenvalue weighted by Crippen LogP contribution is -2.17. The van der Waals surface area contributed by atoms with Crippen molar-refractivity contribution >= 4 is 26.6 Å². The van der Waals surface area contributed by atoms with Gasteiger partial charge in [-0.15, -0.1) is 0 Å². The van der Waals surface area contributed by atoms with Gasteiger partial charge >= 0.3 is 0 Å². The van der Waals surface area contributed by atoms with Crippen molar-refractivity contribution in [1.82, 2.24) is 0 Å². The molecule has 0 aliphatic heterocycles. The zero-order valence-corrected chi connectivity index (χ0v) is 10.2. The molecule has 0 aliphatic carbocycles. The van der Waals surface area contributed by atoms with Crippen LogP contribution in [0.1, 0.15) is 17.3 Å². The zero-order chi connectivity index (χ0) is 12.5. The highest BCUT2D eigenvalue weighted by atomic mass is 32.2. The summed E-state index contributed by atoms with van der Waals surface area (Å²) >= 11 is 0. The van der Waals surface area contributed by atoms with Crippen LogP contribution in [0.5, 0.6) is 0 Å². The van der Waals surface area contributed by atoms with E-state index in [1.807, 2.05) is 0 Å². The fraction of sp³-hybridized carbons (Fsp3) is 0.250. The van der Waals surface area contributed by atoms with E-state index in [0.29, 0.717) is 16.5 Å². The third-order valence-electron chi connectivity index (χ3n) is 2.57. The molecule has 4 nitrogen and oxygen atoms in total. The quantitative estimate of drug-likeness (QED) is 0.781. The zero-order valence-electron chi connectivity index (χ0n) is 9.34. The summed E-state index contributed by atoms with van der Waals surface area (Å²) in [6.07, 6.45) is 1.32. The molecule has 2 aromatic rings. The molecule has 0 fully saturated rings. The number of sulfone groups is 1. The second-order valence-electron chi connectivity index (χ2n) is 3.75. The van der Waals surface area contributed by atoms with Crippen LogP contribution < -0.4 is 0 Å². The minimum atomic E-state index is -3.30. The highest BCUT2D eigenvalue weighted by Gasteiger charge is 2.19. The standard InChI is InChI=1S/C12H12O4S/c1-2-17(14,15)8-11(13)10-7-16-12-6-4-3-5-9(10)12/h3-7H,2,8H2,1H3. The van der Waals surface area contributed by atoms with Crippen molar-refractivity contribution in [2.24, 2.45) is 0 Å². The highest BCUT2D eigenvalue weighted by molar-refractivity contribution is 7.92. The maximum absolute atomic E-state index is 11.9. The van der Waals surface area contributed by atoms with Gasteiger partial charge in [0.25, 0.3) is 0 Å². The number of hydrogen-bond acceptors (Lipinski definition) is 4. The molecule has 0 bridgehead atoms. The van der Waals surface area contributed by atoms with Crippen molar-refractivity contribution in [1.29, 1.82) is 0 Å². The molecule has 0 radical (unpaired) electrons. The summed E-state index contributed by atoms with van der Waals surface area (Å²) in [5.41, 5.74) is 0.919. The molecule has 0 spiro atoms. The van der Waals surface area contributed by atoms with Gasteiger partial charge in [-0.1, -0.05) is 25.1 Å². The molecule has 0 aliphatic rings. The van der Waals surface area contributed by atoms with Gasteiger partial charge < -0.3 is 4.42 Å². The Balaban J connectivity index is 2.38. The fourth-order valence-electron chi connectivity index (χ4n) is 1.57. The van der Waals surface area contributed by atoms with E-state index in [2.05, 4.69) is 0 Å². The molecule has 0 saturated carbocycles. The minimum absolute atomic E-state index is 0.0332. The van der Waals surface area contributed by atoms with Crippen molar-refractivity contribution in [3.8, 4) is 0 Å². The topological polar surface area (TPSA) is 64.3 Å². The molecular formula is C12H12O4S. The Kier molecular flexibility index (Phi) is 3.02. The predicted molar refractivity (Wildman–Crippen MR) is 64.9 cm³/mol. The Morgan fingerprint density at radius 2 is 2.00 bits per heavy atom. The average Bonchev–Trinajstić information content (AvgIpc) is 2.72. The lowest BCUT2D eigenvalue weighted by Gasteiger charge is -1.98. The molecule has 1 heterocycles. The summed E-state index contributed by atoms with van der Waals surface area (Å²) in [5, 5.41) is 0.656. The van der Waals surface area contributed by atoms with Crippen LogP contribution in [0.3, 0.4) is 0 Å². The van der Waals surface area contributed by atoms with Crippen LogP contribution in [-0.2, 0) is 9.84 Å². The normalized spacial score (nSPS) is 11.8. The van der Waals surface area contributed by atoms with Crippen LogP contribution in [0.2, 0.25) is 0 Å². The Bertz CT molecular complexity index is 652. The van der Waals surface area contributed by atoms with E-state index in [1.165, 1.54) is 13.2 Å². The van der Waals surface area contributed by atoms with Crippen molar-refractivity contribution in [3.63, 3.8) is 0 Å². The van der Waals surface area contributed by atoms with Gasteiger partial charge in [-0.3, -0.25) is 4.79 Å². The average molecular weight is 252 g/mol. The van der Waals surface area contributed by atoms with Crippen LogP contribution >= 0.6 is 0 Å². The molecule has 90 valence electrons. The number of furan rings is 1. The molecule has 5 heteroatoms. The molecule has 0 atom stereocenters. The molecule has 2 rings (SSSR count). The molecule has 0 amide bonds. The first-order valence-corrected chi connectivity index (χ1v) is 7.05. The number of Topliss-reactive ketones (excluding diaryl/α,β-unsaturated/α-hetero) is 1. The molecule has 1 aromatic carbocycles. The van der Waals surface area contributed by atoms with Gasteiger partial charge in [-0.2, -0.15) is 0 Å². The Morgan fingerprint density at radius 3 is 2.71 bits per heavy atom. The third kappa shape index (κ3) is 2.39. The number of benzene rings is 1. The van der Waals surface area contributed by atoms with E-state index >= 15 is 0 Å². The summed E-state index contributed by atoms with van der Waals surface area (Å²) in [7, 11) is -3.30. The van der Waals surface area contributed by atoms with Crippen LogP contribution in [0.15, 0.2) is 34.9 Å². The molecule has 0 saturated heterocycles. The monoisotopic (exact) mass is 252 g/mol. The van der Waals surface area contributed by atoms with Crippen LogP contribution in [0, 0.1) is 0 Å². The number of carbonyl (C=O) groups excluding carboxylic acids is 1. The van der Waals surface area contributed by atoms with Gasteiger partial charge in [0, 0.05) is 11.1 Å². The smallest absolute Gasteiger partial charge is 0.181 e. The van der Waals surface area contributed by atoms with Crippen molar-refractivity contribution in [2.75, 3.05) is 11.5 Å². The van der Waals surface area contributed by atoms with Gasteiger partial charge in [0.05, 0.1) is 5.56 Å². The summed E-state index contributed by atoms with van der Waals surface area (Å²) < 4.78 is 28.0. The van der Waals surface area contributed by atoms with Crippen molar-refractivity contribution in [2.45, 2.75) is 6.92 Å². The summed E-state index contributed by atoms with van der Waals surface area (Å²) in [5.74, 6) is -0.918. The Hall–Kier alpha value is -1.62. The fourth-order valence-corrected chi connectivity index (χ4v) is 2.33. The largest absolute Gasteiger partial charge is 0.464 e. The second-order valence-corrected chi connectivity index (χ2v) is 6.10. The molecule has 0 N–H and O–H groups in total. The third-order valence-corrected chi connectivity index (χ3v) is 4.15. The first kappa shape index (κ1) is 11.9. The maximum Gasteiger partial charge on any atom is 0.181 e. The molecular weight excluding hydrogens is 240 g/mol. The lowest BCUT2D eigenvalue weighted by atomic mass is 10.1. The van der Waals surface area contributed by atoms with E-state index < -0.39 is 21.4 Å². The Morgan fingerprint density at radius 1 is 1.29 bits per heavy atom. The number of hydrogen-bond donors (Lipinski definition) is 0. The van der Waals surface area contributed by atoms with Crippen LogP contribution in [-0.4, -0.2) is 25.7 Å². The maximum atomic E-state index is 11.9. The van der Waals surface area contributed by atoms with Gasteiger partial charge in [-0.25, -0.2) is 8.42 Å². The first-order chi connectivity index (χ1) is 8.03. The summed E-state index contributed by atoms with van der Waals surface area (Å²) in [6.45, 7) is 1.52. The number of ketones is 1. The van der Waals surface area contributed by atoms with E-state index in [0.717, 1.165) is 0 Å². The number of para-hydroxylation sites is 1. The SMILES string of the molecule is CCS(=O)(=O)CC(=O)c1coc2ccccc12. The predicted octanol–water partition coefficient (Wildman–Crippen LogP) is 2.05. The molecule has 1 aromatic heterocycles. The van der Waals surface area contributed by atoms with Crippen LogP contribution in [0.25, 0.3) is 11.0 Å². The van der Waals surface area contributed by atoms with Gasteiger partial charge in [0.15, 0.2) is 15.6 Å². The van der Waals surface area contributed by atoms with Crippen molar-refractivity contribution in [3.05, 3.63) is 36.1 Å². The summed E-state index contributed by atoms with van der Waals surface area (Å²) in [6, 6.07) is 7.05. The number of rotatable bonds is 4. The van der Waals surface area contributed by atoms with E-state index in [4.69, 9.17) is 4.42 Å². The van der Waals surface area contributed by atoms with Crippen LogP contribution in [0.4, 0.5) is 0 Å². The molecule has 17 heavy (non-hydrogen) atoms. The van der Waals surface area contributed by atoms with E-state index in [-0.39, 0.29) is 5.75 Å². The number of carbonyl (C=O) groups is 1. The Labute approximate surface area is 99.2 Å². The highest BCUT2D eigenvalue weighted by Crippen LogP contribution is 2.21. The summed E-state index contributed by atoms with van der Waals surface area (Å²) in [4.78, 5) is 11.9. The van der Waals surface area contributed by atoms with Gasteiger partial charge in [0.2, 0.25) is 0 Å². The van der Waals surface area contributed by atoms with E-state index in [9.17, 15) is 13.2 Å². The second kappa shape index (κ2) is 4.33. The first-order valence-electron chi connectivity index (χ1n) is 5.23. The van der Waals surface area contributed by atoms with E-state index in [1.54, 1.807) is 24.3 Å². The van der Waals surface area contributed by atoms with Crippen molar-refractivity contribution < 1.29 is 17.6 Å². The number of fused-ring (bicyclic) bond motifs is 1. The lowest BCUT2D eigenvalue weighted by molar-refractivity contribution is 0.102. The van der Waals surface area contributed by atoms with Gasteiger partial charge in [-0.05, 0) is 6.07 Å². The minimum Gasteiger partial charge on any atom is -0.464 e.